The highest BCUT2D eigenvalue weighted by Gasteiger charge is 2.60. The molecule has 1 fully saturated rings. The fourth-order valence-electron chi connectivity index (χ4n) is 3.63. The van der Waals surface area contributed by atoms with Gasteiger partial charge < -0.3 is 9.64 Å². The monoisotopic (exact) mass is 493 g/mol. The minimum Gasteiger partial charge on any atom is -0.426 e. The highest BCUT2D eigenvalue weighted by molar-refractivity contribution is 5.98. The number of nitrogens with zero attached hydrogens (tertiary/aromatic N) is 3. The Morgan fingerprint density at radius 2 is 1.68 bits per heavy atom. The molecule has 2 rings (SSSR count). The van der Waals surface area contributed by atoms with Crippen LogP contribution in [0.4, 0.5) is 31.1 Å². The number of alkyl halides is 6. The summed E-state index contributed by atoms with van der Waals surface area (Å²) in [5.41, 5.74) is 5.17. The lowest BCUT2D eigenvalue weighted by molar-refractivity contribution is -0.308. The molecule has 0 radical (unpaired) electrons. The molecule has 0 atom stereocenters. The molecular weight excluding hydrogens is 464 g/mol. The molecule has 0 bridgehead atoms. The van der Waals surface area contributed by atoms with Crippen LogP contribution in [0.3, 0.4) is 0 Å². The van der Waals surface area contributed by atoms with Crippen LogP contribution in [-0.2, 0) is 11.3 Å². The first kappa shape index (κ1) is 27.7. The molecule has 1 amide bonds. The number of allylic oxidation sites excluding steroid dienone is 2. The van der Waals surface area contributed by atoms with Crippen molar-refractivity contribution in [3.8, 4) is 0 Å². The van der Waals surface area contributed by atoms with Gasteiger partial charge in [0, 0.05) is 45.0 Å². The Labute approximate surface area is 195 Å². The van der Waals surface area contributed by atoms with Crippen LogP contribution in [-0.4, -0.2) is 72.8 Å². The Bertz CT molecular complexity index is 902. The van der Waals surface area contributed by atoms with Crippen molar-refractivity contribution >= 4 is 17.4 Å². The van der Waals surface area contributed by atoms with E-state index in [4.69, 9.17) is 0 Å². The maximum atomic E-state index is 12.6. The number of piperazine rings is 1. The molecule has 1 saturated heterocycles. The summed E-state index contributed by atoms with van der Waals surface area (Å²) in [5.74, 6) is 0. The summed E-state index contributed by atoms with van der Waals surface area (Å²) in [7, 11) is 0. The normalized spacial score (nSPS) is 16.9. The fourth-order valence-corrected chi connectivity index (χ4v) is 3.63. The van der Waals surface area contributed by atoms with Crippen molar-refractivity contribution in [1.29, 1.82) is 0 Å². The van der Waals surface area contributed by atoms with Crippen LogP contribution >= 0.6 is 0 Å². The van der Waals surface area contributed by atoms with Crippen molar-refractivity contribution in [3.63, 3.8) is 0 Å². The van der Waals surface area contributed by atoms with E-state index in [1.807, 2.05) is 50.8 Å². The molecule has 1 aliphatic rings. The van der Waals surface area contributed by atoms with Crippen LogP contribution in [0.2, 0.25) is 0 Å². The van der Waals surface area contributed by atoms with E-state index in [1.54, 1.807) is 0 Å². The number of rotatable bonds is 6. The van der Waals surface area contributed by atoms with Gasteiger partial charge in [-0.2, -0.15) is 26.3 Å². The van der Waals surface area contributed by atoms with Crippen LogP contribution in [0.25, 0.3) is 5.57 Å². The van der Waals surface area contributed by atoms with E-state index >= 15 is 0 Å². The topological polar surface area (TPSA) is 45.1 Å². The standard InChI is InChI=1S/C23H29F6N3O2/c1-5-30-17(4)12-15(2)18-6-7-19(16(3)13-18)14-31-8-10-32(11-9-31)21(33)34-20(22(24,25)26)23(27,28)29/h6-7,12-13,20H,5,8-11,14H2,1-4H3/b15-12+,30-17?. The van der Waals surface area contributed by atoms with Gasteiger partial charge >= 0.3 is 18.4 Å². The smallest absolute Gasteiger partial charge is 0.426 e. The Kier molecular flexibility index (Phi) is 9.15. The second kappa shape index (κ2) is 11.2. The quantitative estimate of drug-likeness (QED) is 0.381. The number of halogens is 6. The lowest BCUT2D eigenvalue weighted by Crippen LogP contribution is -2.52. The predicted octanol–water partition coefficient (Wildman–Crippen LogP) is 5.63. The summed E-state index contributed by atoms with van der Waals surface area (Å²) in [5, 5.41) is 0. The van der Waals surface area contributed by atoms with Gasteiger partial charge in [-0.05, 0) is 56.0 Å². The van der Waals surface area contributed by atoms with E-state index in [-0.39, 0.29) is 13.1 Å². The summed E-state index contributed by atoms with van der Waals surface area (Å²) in [6.45, 7) is 9.67. The molecule has 1 aromatic carbocycles. The molecule has 0 spiro atoms. The maximum absolute atomic E-state index is 12.6. The third-order valence-electron chi connectivity index (χ3n) is 5.47. The second-order valence-electron chi connectivity index (χ2n) is 8.19. The minimum absolute atomic E-state index is 0.0315. The Morgan fingerprint density at radius 3 is 2.18 bits per heavy atom. The second-order valence-corrected chi connectivity index (χ2v) is 8.19. The number of hydrogen-bond donors (Lipinski definition) is 0. The number of ether oxygens (including phenoxy) is 1. The van der Waals surface area contributed by atoms with E-state index in [0.29, 0.717) is 26.2 Å². The Balaban J connectivity index is 1.96. The summed E-state index contributed by atoms with van der Waals surface area (Å²) in [4.78, 5) is 19.1. The van der Waals surface area contributed by atoms with Crippen molar-refractivity contribution in [1.82, 2.24) is 9.80 Å². The number of hydrogen-bond acceptors (Lipinski definition) is 4. The molecule has 0 aliphatic carbocycles. The summed E-state index contributed by atoms with van der Waals surface area (Å²) in [6.07, 6.45) is -15.2. The molecule has 0 aromatic heterocycles. The number of amides is 1. The third-order valence-corrected chi connectivity index (χ3v) is 5.47. The van der Waals surface area contributed by atoms with Gasteiger partial charge in [0.1, 0.15) is 0 Å². The minimum atomic E-state index is -5.73. The largest absolute Gasteiger partial charge is 0.434 e. The first-order chi connectivity index (χ1) is 15.7. The molecular formula is C23H29F6N3O2. The van der Waals surface area contributed by atoms with Crippen LogP contribution in [0.15, 0.2) is 29.3 Å². The van der Waals surface area contributed by atoms with E-state index in [0.717, 1.165) is 32.9 Å². The van der Waals surface area contributed by atoms with Crippen LogP contribution in [0.1, 0.15) is 37.5 Å². The molecule has 0 saturated carbocycles. The van der Waals surface area contributed by atoms with E-state index in [2.05, 4.69) is 15.8 Å². The number of aliphatic imine (C=N–C) groups is 1. The van der Waals surface area contributed by atoms with E-state index in [9.17, 15) is 31.1 Å². The molecule has 1 heterocycles. The zero-order chi connectivity index (χ0) is 25.7. The van der Waals surface area contributed by atoms with Gasteiger partial charge in [0.2, 0.25) is 0 Å². The SMILES string of the molecule is CCN=C(C)/C=C(\C)c1ccc(CN2CCN(C(=O)OC(C(F)(F)F)C(F)(F)F)CC2)c(C)c1. The van der Waals surface area contributed by atoms with Crippen molar-refractivity contribution < 1.29 is 35.9 Å². The van der Waals surface area contributed by atoms with Crippen molar-refractivity contribution in [2.45, 2.75) is 52.7 Å². The Hall–Kier alpha value is -2.56. The average Bonchev–Trinajstić information content (AvgIpc) is 2.72. The maximum Gasteiger partial charge on any atom is 0.434 e. The molecule has 34 heavy (non-hydrogen) atoms. The number of carbonyl (C=O) groups excluding carboxylic acids is 1. The zero-order valence-corrected chi connectivity index (χ0v) is 19.6. The summed E-state index contributed by atoms with van der Waals surface area (Å²) in [6, 6.07) is 6.05. The predicted molar refractivity (Wildman–Crippen MR) is 118 cm³/mol. The molecule has 1 aromatic rings. The van der Waals surface area contributed by atoms with Gasteiger partial charge in [0.15, 0.2) is 0 Å². The highest BCUT2D eigenvalue weighted by atomic mass is 19.4. The third kappa shape index (κ3) is 7.75. The van der Waals surface area contributed by atoms with Crippen molar-refractivity contribution in [2.24, 2.45) is 4.99 Å². The van der Waals surface area contributed by atoms with Gasteiger partial charge in [-0.1, -0.05) is 18.2 Å². The van der Waals surface area contributed by atoms with Gasteiger partial charge in [-0.15, -0.1) is 0 Å². The number of carbonyl (C=O) groups is 1. The van der Waals surface area contributed by atoms with E-state index < -0.39 is 24.5 Å². The number of aryl methyl sites for hydroxylation is 1. The fraction of sp³-hybridized carbons (Fsp3) is 0.565. The zero-order valence-electron chi connectivity index (χ0n) is 19.6. The first-order valence-corrected chi connectivity index (χ1v) is 10.8. The molecule has 1 aliphatic heterocycles. The van der Waals surface area contributed by atoms with Crippen LogP contribution in [0.5, 0.6) is 0 Å². The average molecular weight is 493 g/mol. The van der Waals surface area contributed by atoms with Crippen molar-refractivity contribution in [3.05, 3.63) is 41.0 Å². The highest BCUT2D eigenvalue weighted by Crippen LogP contribution is 2.36. The summed E-state index contributed by atoms with van der Waals surface area (Å²) < 4.78 is 79.5. The Morgan fingerprint density at radius 1 is 1.09 bits per heavy atom. The van der Waals surface area contributed by atoms with Gasteiger partial charge in [-0.25, -0.2) is 4.79 Å². The van der Waals surface area contributed by atoms with Crippen LogP contribution < -0.4 is 0 Å². The molecule has 5 nitrogen and oxygen atoms in total. The van der Waals surface area contributed by atoms with Gasteiger partial charge in [-0.3, -0.25) is 9.89 Å². The molecule has 190 valence electrons. The lowest BCUT2D eigenvalue weighted by atomic mass is 9.99. The number of benzene rings is 1. The molecule has 11 heteroatoms. The molecule has 0 unspecified atom stereocenters. The van der Waals surface area contributed by atoms with Crippen LogP contribution in [0, 0.1) is 6.92 Å². The summed E-state index contributed by atoms with van der Waals surface area (Å²) >= 11 is 0. The lowest BCUT2D eigenvalue weighted by Gasteiger charge is -2.35. The van der Waals surface area contributed by atoms with Gasteiger partial charge in [0.05, 0.1) is 0 Å². The van der Waals surface area contributed by atoms with Gasteiger partial charge in [0.25, 0.3) is 6.10 Å². The first-order valence-electron chi connectivity index (χ1n) is 10.8. The molecule has 0 N–H and O–H groups in total. The van der Waals surface area contributed by atoms with E-state index in [1.165, 1.54) is 0 Å². The van der Waals surface area contributed by atoms with Crippen molar-refractivity contribution in [2.75, 3.05) is 32.7 Å².